The molecule has 2 aromatic rings. The Labute approximate surface area is 337 Å². The van der Waals surface area contributed by atoms with E-state index in [1.165, 1.54) is 17.0 Å². The predicted molar refractivity (Wildman–Crippen MR) is 206 cm³/mol. The molecule has 2 aliphatic carbocycles. The third-order valence-electron chi connectivity index (χ3n) is 11.3. The Balaban J connectivity index is 1.25. The van der Waals surface area contributed by atoms with Crippen LogP contribution in [0.1, 0.15) is 110 Å². The number of halogens is 2. The molecular formula is C41H56F2N8O7. The zero-order chi connectivity index (χ0) is 41.8. The Hall–Kier alpha value is -4.64. The van der Waals surface area contributed by atoms with E-state index in [0.29, 0.717) is 12.1 Å². The molecular weight excluding hydrogens is 754 g/mol. The van der Waals surface area contributed by atoms with Crippen LogP contribution in [0.5, 0.6) is 5.88 Å². The van der Waals surface area contributed by atoms with Crippen molar-refractivity contribution in [3.8, 4) is 5.88 Å². The highest BCUT2D eigenvalue weighted by atomic mass is 19.3. The minimum absolute atomic E-state index is 0.0173. The first-order valence-electron chi connectivity index (χ1n) is 20.4. The molecule has 316 valence electrons. The standard InChI is InChI=1S/C41H56F2N8O7/c1-6-10-28(33(52)37(55)47-26-14-15-26)48-35(53)29-19-27(58-31-16-13-25(20-46-31)40(5,42)43)22-51(29)38(56)34(39(2,3)4)49-36(54)32(24-11-8-7-9-12-24)50-41(23-57-41)30-21-44-17-18-45-30/h13,16-18,20-21,24,26-29,32,34,50H,6-12,14-15,19,22-23H2,1-5H3,(H,47,55)(H,48,53)(H,49,54)/t27-,28?,29+,32?,34?,41?/m0/s1. The van der Waals surface area contributed by atoms with E-state index in [4.69, 9.17) is 9.47 Å². The average Bonchev–Trinajstić information content (AvgIpc) is 4.13. The van der Waals surface area contributed by atoms with Crippen molar-refractivity contribution in [3.63, 3.8) is 0 Å². The van der Waals surface area contributed by atoms with E-state index >= 15 is 0 Å². The zero-order valence-electron chi connectivity index (χ0n) is 33.9. The largest absolute Gasteiger partial charge is 0.472 e. The minimum atomic E-state index is -3.12. The van der Waals surface area contributed by atoms with Gasteiger partial charge in [-0.05, 0) is 49.5 Å². The third kappa shape index (κ3) is 10.5. The predicted octanol–water partition coefficient (Wildman–Crippen LogP) is 3.42. The molecule has 0 bridgehead atoms. The molecule has 4 heterocycles. The Kier molecular flexibility index (Phi) is 13.1. The number of epoxide rings is 1. The smallest absolute Gasteiger partial charge is 0.289 e. The van der Waals surface area contributed by atoms with Crippen LogP contribution in [0.2, 0.25) is 0 Å². The number of nitrogens with zero attached hydrogens (tertiary/aromatic N) is 4. The summed E-state index contributed by atoms with van der Waals surface area (Å²) in [4.78, 5) is 83.6. The first-order valence-corrected chi connectivity index (χ1v) is 20.4. The lowest BCUT2D eigenvalue weighted by molar-refractivity contribution is -0.145. The molecule has 0 aromatic carbocycles. The highest BCUT2D eigenvalue weighted by molar-refractivity contribution is 6.38. The molecule has 2 saturated heterocycles. The van der Waals surface area contributed by atoms with Crippen LogP contribution in [0, 0.1) is 11.3 Å². The molecule has 58 heavy (non-hydrogen) atoms. The molecule has 6 rings (SSSR count). The summed E-state index contributed by atoms with van der Waals surface area (Å²) in [5.41, 5.74) is -1.62. The van der Waals surface area contributed by atoms with Crippen molar-refractivity contribution >= 4 is 29.4 Å². The van der Waals surface area contributed by atoms with Crippen molar-refractivity contribution in [1.82, 2.24) is 41.1 Å². The Morgan fingerprint density at radius 2 is 1.71 bits per heavy atom. The second-order valence-corrected chi connectivity index (χ2v) is 17.3. The summed E-state index contributed by atoms with van der Waals surface area (Å²) in [7, 11) is 0. The third-order valence-corrected chi connectivity index (χ3v) is 11.3. The number of hydrogen-bond acceptors (Lipinski definition) is 11. The Morgan fingerprint density at radius 1 is 0.983 bits per heavy atom. The maximum absolute atomic E-state index is 14.9. The molecule has 4 fully saturated rings. The number of rotatable bonds is 17. The fraction of sp³-hybridized carbons (Fsp3) is 0.659. The lowest BCUT2D eigenvalue weighted by Gasteiger charge is -2.38. The lowest BCUT2D eigenvalue weighted by Crippen LogP contribution is -2.62. The van der Waals surface area contributed by atoms with Crippen molar-refractivity contribution in [2.24, 2.45) is 11.3 Å². The molecule has 4 unspecified atom stereocenters. The van der Waals surface area contributed by atoms with Crippen LogP contribution in [0.25, 0.3) is 0 Å². The summed E-state index contributed by atoms with van der Waals surface area (Å²) in [5, 5.41) is 11.9. The molecule has 2 aromatic heterocycles. The highest BCUT2D eigenvalue weighted by Crippen LogP contribution is 2.38. The monoisotopic (exact) mass is 810 g/mol. The number of nitrogens with one attached hydrogen (secondary N) is 4. The summed E-state index contributed by atoms with van der Waals surface area (Å²) >= 11 is 0. The molecule has 6 atom stereocenters. The van der Waals surface area contributed by atoms with Gasteiger partial charge in [0.2, 0.25) is 29.4 Å². The van der Waals surface area contributed by atoms with Crippen molar-refractivity contribution in [3.05, 3.63) is 48.2 Å². The minimum Gasteiger partial charge on any atom is -0.472 e. The van der Waals surface area contributed by atoms with E-state index < -0.39 is 76.7 Å². The lowest BCUT2D eigenvalue weighted by atomic mass is 9.81. The van der Waals surface area contributed by atoms with E-state index in [1.54, 1.807) is 18.6 Å². The zero-order valence-corrected chi connectivity index (χ0v) is 33.9. The maximum atomic E-state index is 14.9. The van der Waals surface area contributed by atoms with E-state index in [1.807, 2.05) is 27.7 Å². The van der Waals surface area contributed by atoms with Gasteiger partial charge in [0.15, 0.2) is 5.72 Å². The number of ether oxygens (including phenoxy) is 2. The first-order chi connectivity index (χ1) is 27.5. The van der Waals surface area contributed by atoms with Crippen molar-refractivity contribution in [1.29, 1.82) is 0 Å². The molecule has 2 aliphatic heterocycles. The number of Topliss-reactive ketones (excluding diaryl/α,β-unsaturated/α-hetero) is 1. The fourth-order valence-corrected chi connectivity index (χ4v) is 7.77. The van der Waals surface area contributed by atoms with Gasteiger partial charge in [-0.3, -0.25) is 39.3 Å². The summed E-state index contributed by atoms with van der Waals surface area (Å²) in [6.45, 7) is 8.19. The number of carbonyl (C=O) groups excluding carboxylic acids is 5. The number of carbonyl (C=O) groups is 5. The van der Waals surface area contributed by atoms with Gasteiger partial charge in [0.25, 0.3) is 11.8 Å². The van der Waals surface area contributed by atoms with Gasteiger partial charge in [-0.1, -0.05) is 53.4 Å². The van der Waals surface area contributed by atoms with Gasteiger partial charge in [0.1, 0.15) is 23.9 Å². The second-order valence-electron chi connectivity index (χ2n) is 17.3. The van der Waals surface area contributed by atoms with E-state index in [-0.39, 0.29) is 49.4 Å². The molecule has 2 saturated carbocycles. The van der Waals surface area contributed by atoms with Crippen molar-refractivity contribution in [2.45, 2.75) is 147 Å². The van der Waals surface area contributed by atoms with E-state index in [0.717, 1.165) is 58.1 Å². The van der Waals surface area contributed by atoms with Gasteiger partial charge in [-0.2, -0.15) is 0 Å². The quantitative estimate of drug-likeness (QED) is 0.135. The number of hydrogen-bond donors (Lipinski definition) is 4. The van der Waals surface area contributed by atoms with Crippen molar-refractivity contribution in [2.75, 3.05) is 13.2 Å². The molecule has 0 spiro atoms. The van der Waals surface area contributed by atoms with Gasteiger partial charge in [0, 0.05) is 49.6 Å². The topological polar surface area (TPSA) is 197 Å². The fourth-order valence-electron chi connectivity index (χ4n) is 7.77. The SMILES string of the molecule is CCCC(NC(=O)[C@H]1C[C@H](Oc2ccc(C(C)(F)F)cn2)CN1C(=O)C(NC(=O)C(NC1(c2cnccn2)CO1)C1CCCCC1)C(C)(C)C)C(=O)C(=O)NC1CC1. The summed E-state index contributed by atoms with van der Waals surface area (Å²) in [5.74, 6) is -6.33. The first kappa shape index (κ1) is 43.0. The van der Waals surface area contributed by atoms with Crippen LogP contribution < -0.4 is 26.0 Å². The summed E-state index contributed by atoms with van der Waals surface area (Å²) < 4.78 is 39.8. The van der Waals surface area contributed by atoms with E-state index in [9.17, 15) is 32.8 Å². The molecule has 4 aliphatic rings. The van der Waals surface area contributed by atoms with Crippen LogP contribution in [0.4, 0.5) is 8.78 Å². The van der Waals surface area contributed by atoms with Crippen LogP contribution >= 0.6 is 0 Å². The molecule has 0 radical (unpaired) electrons. The van der Waals surface area contributed by atoms with Crippen LogP contribution in [-0.4, -0.2) is 98.7 Å². The van der Waals surface area contributed by atoms with Gasteiger partial charge in [0.05, 0.1) is 31.4 Å². The highest BCUT2D eigenvalue weighted by Gasteiger charge is 2.53. The number of ketones is 1. The number of likely N-dealkylation sites (tertiary alicyclic amines) is 1. The average molecular weight is 811 g/mol. The van der Waals surface area contributed by atoms with Gasteiger partial charge in [-0.15, -0.1) is 0 Å². The van der Waals surface area contributed by atoms with Crippen LogP contribution in [0.15, 0.2) is 36.9 Å². The van der Waals surface area contributed by atoms with Gasteiger partial charge >= 0.3 is 0 Å². The van der Waals surface area contributed by atoms with Gasteiger partial charge in [-0.25, -0.2) is 13.8 Å². The summed E-state index contributed by atoms with van der Waals surface area (Å²) in [6, 6.07) is -1.75. The normalized spacial score (nSPS) is 23.9. The second kappa shape index (κ2) is 17.7. The number of amides is 4. The molecule has 15 nitrogen and oxygen atoms in total. The number of alkyl halides is 2. The number of pyridine rings is 1. The number of aromatic nitrogens is 3. The molecule has 17 heteroatoms. The molecule has 4 N–H and O–H groups in total. The van der Waals surface area contributed by atoms with Gasteiger partial charge < -0.3 is 30.3 Å². The van der Waals surface area contributed by atoms with Crippen LogP contribution in [-0.2, 0) is 40.4 Å². The van der Waals surface area contributed by atoms with E-state index in [2.05, 4.69) is 36.2 Å². The van der Waals surface area contributed by atoms with Crippen LogP contribution in [0.3, 0.4) is 0 Å². The summed E-state index contributed by atoms with van der Waals surface area (Å²) in [6.07, 6.45) is 11.6. The Morgan fingerprint density at radius 3 is 2.28 bits per heavy atom. The Bertz CT molecular complexity index is 1790. The van der Waals surface area contributed by atoms with Crippen molar-refractivity contribution < 1.29 is 42.2 Å². The maximum Gasteiger partial charge on any atom is 0.289 e. The molecule has 4 amide bonds.